The van der Waals surface area contributed by atoms with Gasteiger partial charge in [-0.25, -0.2) is 13.4 Å². The highest BCUT2D eigenvalue weighted by atomic mass is 32.2. The molecule has 0 saturated heterocycles. The quantitative estimate of drug-likeness (QED) is 0.506. The number of nitrogens with one attached hydrogen (secondary N) is 2. The van der Waals surface area contributed by atoms with Crippen LogP contribution in [0.2, 0.25) is 0 Å². The molecule has 0 saturated carbocycles. The number of hydrogen-bond acceptors (Lipinski definition) is 6. The van der Waals surface area contributed by atoms with E-state index in [1.165, 1.54) is 11.4 Å². The summed E-state index contributed by atoms with van der Waals surface area (Å²) in [7, 11) is -3.32. The van der Waals surface area contributed by atoms with E-state index in [0.717, 1.165) is 28.7 Å². The van der Waals surface area contributed by atoms with Gasteiger partial charge in [0.05, 0.1) is 5.56 Å². The van der Waals surface area contributed by atoms with Gasteiger partial charge in [0, 0.05) is 28.5 Å². The van der Waals surface area contributed by atoms with Crippen molar-refractivity contribution in [2.75, 3.05) is 11.6 Å². The van der Waals surface area contributed by atoms with Crippen molar-refractivity contribution in [2.24, 2.45) is 0 Å². The maximum Gasteiger partial charge on any atom is 0.256 e. The Morgan fingerprint density at radius 3 is 2.41 bits per heavy atom. The first-order valence-corrected chi connectivity index (χ1v) is 11.4. The van der Waals surface area contributed by atoms with E-state index in [4.69, 9.17) is 0 Å². The fraction of sp³-hybridized carbons (Fsp3) is 0.0500. The summed E-state index contributed by atoms with van der Waals surface area (Å²) in [6.07, 6.45) is 1.12. The molecule has 0 radical (unpaired) electrons. The highest BCUT2D eigenvalue weighted by Gasteiger charge is 2.15. The van der Waals surface area contributed by atoms with Gasteiger partial charge in [-0.05, 0) is 30.3 Å². The summed E-state index contributed by atoms with van der Waals surface area (Å²) in [5.41, 5.74) is 2.64. The van der Waals surface area contributed by atoms with Crippen molar-refractivity contribution in [1.82, 2.24) is 15.2 Å². The molecule has 0 aliphatic carbocycles. The molecule has 4 rings (SSSR count). The number of aromatic amines is 1. The molecule has 0 aliphatic rings. The third-order valence-corrected chi connectivity index (χ3v) is 6.90. The van der Waals surface area contributed by atoms with Gasteiger partial charge < -0.3 is 5.32 Å². The molecule has 9 heteroatoms. The molecule has 2 aromatic heterocycles. The molecule has 0 atom stereocenters. The fourth-order valence-corrected chi connectivity index (χ4v) is 4.45. The average molecular weight is 425 g/mol. The Morgan fingerprint density at radius 1 is 1.03 bits per heavy atom. The van der Waals surface area contributed by atoms with E-state index in [1.807, 2.05) is 42.5 Å². The summed E-state index contributed by atoms with van der Waals surface area (Å²) in [5.74, 6) is 0.865. The summed E-state index contributed by atoms with van der Waals surface area (Å²) in [6.45, 7) is 0. The van der Waals surface area contributed by atoms with Crippen LogP contribution in [0.3, 0.4) is 0 Å². The zero-order valence-corrected chi connectivity index (χ0v) is 16.9. The van der Waals surface area contributed by atoms with Crippen LogP contribution in [-0.4, -0.2) is 35.8 Å². The number of thiophene rings is 1. The zero-order valence-electron chi connectivity index (χ0n) is 15.3. The van der Waals surface area contributed by atoms with Gasteiger partial charge in [0.25, 0.3) is 5.91 Å². The molecule has 0 aliphatic heterocycles. The molecule has 7 nitrogen and oxygen atoms in total. The molecule has 146 valence electrons. The van der Waals surface area contributed by atoms with Crippen LogP contribution in [0.5, 0.6) is 0 Å². The summed E-state index contributed by atoms with van der Waals surface area (Å²) in [4.78, 5) is 16.8. The Balaban J connectivity index is 1.48. The molecule has 1 amide bonds. The van der Waals surface area contributed by atoms with Crippen molar-refractivity contribution in [3.05, 3.63) is 71.6 Å². The monoisotopic (exact) mass is 424 g/mol. The molecule has 2 aromatic carbocycles. The Labute approximate surface area is 171 Å². The number of amides is 1. The predicted octanol–water partition coefficient (Wildman–Crippen LogP) is 3.86. The molecule has 0 unspecified atom stereocenters. The Bertz CT molecular complexity index is 1260. The van der Waals surface area contributed by atoms with Crippen molar-refractivity contribution >= 4 is 32.8 Å². The number of anilines is 1. The molecule has 2 heterocycles. The van der Waals surface area contributed by atoms with Gasteiger partial charge in [0.2, 0.25) is 0 Å². The minimum absolute atomic E-state index is 0.164. The predicted molar refractivity (Wildman–Crippen MR) is 113 cm³/mol. The lowest BCUT2D eigenvalue weighted by atomic mass is 10.2. The first-order chi connectivity index (χ1) is 13.9. The highest BCUT2D eigenvalue weighted by molar-refractivity contribution is 7.92. The number of H-pyrrole nitrogens is 1. The number of benzene rings is 2. The largest absolute Gasteiger partial charge is 0.322 e. The topological polar surface area (TPSA) is 105 Å². The van der Waals surface area contributed by atoms with Gasteiger partial charge >= 0.3 is 0 Å². The van der Waals surface area contributed by atoms with Gasteiger partial charge in [-0.1, -0.05) is 30.3 Å². The summed E-state index contributed by atoms with van der Waals surface area (Å²) >= 11 is 1.03. The molecule has 0 bridgehead atoms. The van der Waals surface area contributed by atoms with E-state index in [2.05, 4.69) is 20.5 Å². The van der Waals surface area contributed by atoms with Crippen LogP contribution in [0.15, 0.2) is 70.3 Å². The number of nitrogens with zero attached hydrogens (tertiary/aromatic N) is 2. The lowest BCUT2D eigenvalue weighted by molar-refractivity contribution is 0.102. The summed E-state index contributed by atoms with van der Waals surface area (Å²) in [5, 5.41) is 11.4. The Morgan fingerprint density at radius 2 is 1.76 bits per heavy atom. The van der Waals surface area contributed by atoms with Crippen LogP contribution in [0, 0.1) is 0 Å². The first kappa shape index (κ1) is 19.0. The third kappa shape index (κ3) is 4.25. The number of aromatic nitrogens is 3. The van der Waals surface area contributed by atoms with E-state index in [0.29, 0.717) is 22.9 Å². The summed E-state index contributed by atoms with van der Waals surface area (Å²) in [6, 6.07) is 18.2. The van der Waals surface area contributed by atoms with E-state index in [1.54, 1.807) is 12.1 Å². The van der Waals surface area contributed by atoms with Crippen molar-refractivity contribution < 1.29 is 13.2 Å². The number of sulfone groups is 1. The van der Waals surface area contributed by atoms with Gasteiger partial charge in [-0.2, -0.15) is 5.10 Å². The standard InChI is InChI=1S/C20H16N4O3S2/c1-29(26,27)17-11-15(12-28-17)20(25)21-16-9-7-14(8-10-16)19-22-18(23-24-19)13-5-3-2-4-6-13/h2-12H,1H3,(H,21,25)(H,22,23,24). The first-order valence-electron chi connectivity index (χ1n) is 8.58. The molecule has 29 heavy (non-hydrogen) atoms. The smallest absolute Gasteiger partial charge is 0.256 e. The van der Waals surface area contributed by atoms with Gasteiger partial charge in [-0.3, -0.25) is 9.89 Å². The van der Waals surface area contributed by atoms with Crippen LogP contribution in [0.4, 0.5) is 5.69 Å². The van der Waals surface area contributed by atoms with Crippen molar-refractivity contribution in [3.63, 3.8) is 0 Å². The van der Waals surface area contributed by atoms with Gasteiger partial charge in [0.15, 0.2) is 21.5 Å². The second-order valence-corrected chi connectivity index (χ2v) is 9.49. The lowest BCUT2D eigenvalue weighted by Gasteiger charge is -2.04. The minimum atomic E-state index is -3.32. The Hall–Kier alpha value is -3.30. The average Bonchev–Trinajstić information content (AvgIpc) is 3.39. The maximum absolute atomic E-state index is 12.3. The number of carbonyl (C=O) groups excluding carboxylic acids is 1. The zero-order chi connectivity index (χ0) is 20.4. The third-order valence-electron chi connectivity index (χ3n) is 4.14. The highest BCUT2D eigenvalue weighted by Crippen LogP contribution is 2.23. The van der Waals surface area contributed by atoms with Crippen LogP contribution in [0.25, 0.3) is 22.8 Å². The van der Waals surface area contributed by atoms with Crippen LogP contribution >= 0.6 is 11.3 Å². The van der Waals surface area contributed by atoms with Crippen LogP contribution in [-0.2, 0) is 9.84 Å². The van der Waals surface area contributed by atoms with Crippen molar-refractivity contribution in [1.29, 1.82) is 0 Å². The lowest BCUT2D eigenvalue weighted by Crippen LogP contribution is -2.10. The molecule has 0 spiro atoms. The van der Waals surface area contributed by atoms with E-state index in [-0.39, 0.29) is 10.1 Å². The molecule has 4 aromatic rings. The van der Waals surface area contributed by atoms with E-state index < -0.39 is 9.84 Å². The van der Waals surface area contributed by atoms with Crippen molar-refractivity contribution in [3.8, 4) is 22.8 Å². The van der Waals surface area contributed by atoms with Crippen LogP contribution < -0.4 is 5.32 Å². The maximum atomic E-state index is 12.3. The van der Waals surface area contributed by atoms with Gasteiger partial charge in [-0.15, -0.1) is 11.3 Å². The SMILES string of the molecule is CS(=O)(=O)c1cc(C(=O)Nc2ccc(-c3nc(-c4ccccc4)n[nH]3)cc2)cs1. The number of carbonyl (C=O) groups is 1. The second kappa shape index (κ2) is 7.61. The normalized spacial score (nSPS) is 11.3. The number of rotatable bonds is 5. The minimum Gasteiger partial charge on any atom is -0.322 e. The van der Waals surface area contributed by atoms with Gasteiger partial charge in [0.1, 0.15) is 4.21 Å². The van der Waals surface area contributed by atoms with Crippen LogP contribution in [0.1, 0.15) is 10.4 Å². The van der Waals surface area contributed by atoms with E-state index in [9.17, 15) is 13.2 Å². The van der Waals surface area contributed by atoms with Crippen molar-refractivity contribution in [2.45, 2.75) is 4.21 Å². The molecule has 0 fully saturated rings. The fourth-order valence-electron chi connectivity index (χ4n) is 2.65. The Kier molecular flexibility index (Phi) is 4.99. The molecule has 2 N–H and O–H groups in total. The molecular weight excluding hydrogens is 408 g/mol. The second-order valence-electron chi connectivity index (χ2n) is 6.33. The number of hydrogen-bond donors (Lipinski definition) is 2. The van der Waals surface area contributed by atoms with E-state index >= 15 is 0 Å². The molecular formula is C20H16N4O3S2. The summed E-state index contributed by atoms with van der Waals surface area (Å²) < 4.78 is 23.3.